The third-order valence-corrected chi connectivity index (χ3v) is 6.75. The summed E-state index contributed by atoms with van der Waals surface area (Å²) in [5.74, 6) is 0.778. The average Bonchev–Trinajstić information content (AvgIpc) is 3.22. The molecule has 1 atom stereocenters. The monoisotopic (exact) mass is 465 g/mol. The third-order valence-electron chi connectivity index (χ3n) is 4.26. The van der Waals surface area contributed by atoms with E-state index in [1.165, 1.54) is 20.3 Å². The van der Waals surface area contributed by atoms with E-state index in [1.54, 1.807) is 25.5 Å². The second-order valence-corrected chi connectivity index (χ2v) is 8.58. The van der Waals surface area contributed by atoms with E-state index in [1.807, 2.05) is 35.0 Å². The minimum Gasteiger partial charge on any atom is -0.493 e. The Morgan fingerprint density at radius 3 is 2.32 bits per heavy atom. The van der Waals surface area contributed by atoms with Crippen molar-refractivity contribution in [2.24, 2.45) is 0 Å². The number of ether oxygens (including phenoxy) is 2. The second-order valence-electron chi connectivity index (χ2n) is 6.04. The molecule has 148 valence electrons. The van der Waals surface area contributed by atoms with E-state index >= 15 is 0 Å². The van der Waals surface area contributed by atoms with Gasteiger partial charge >= 0.3 is 0 Å². The molecule has 0 saturated heterocycles. The molecule has 3 aromatic rings. The summed E-state index contributed by atoms with van der Waals surface area (Å²) in [6.07, 6.45) is 5.25. The summed E-state index contributed by atoms with van der Waals surface area (Å²) < 4.78 is 41.2. The second kappa shape index (κ2) is 8.34. The highest BCUT2D eigenvalue weighted by molar-refractivity contribution is 9.10. The van der Waals surface area contributed by atoms with E-state index in [-0.39, 0.29) is 4.90 Å². The van der Waals surface area contributed by atoms with Crippen LogP contribution in [-0.2, 0) is 10.0 Å². The summed E-state index contributed by atoms with van der Waals surface area (Å²) in [5.41, 5.74) is 1.78. The Kier molecular flexibility index (Phi) is 6.07. The Morgan fingerprint density at radius 2 is 1.75 bits per heavy atom. The predicted octanol–water partition coefficient (Wildman–Crippen LogP) is 3.69. The van der Waals surface area contributed by atoms with Crippen LogP contribution in [0.15, 0.2) is 64.5 Å². The molecule has 0 radical (unpaired) electrons. The van der Waals surface area contributed by atoms with Gasteiger partial charge in [-0.15, -0.1) is 0 Å². The van der Waals surface area contributed by atoms with Gasteiger partial charge in [0.1, 0.15) is 4.90 Å². The minimum atomic E-state index is -3.80. The SMILES string of the molecule is COc1cc(Br)c(S(=O)(=O)NC(C)c2ccc(-n3ccnc3)cc2)cc1OC. The molecule has 28 heavy (non-hydrogen) atoms. The number of hydrogen-bond acceptors (Lipinski definition) is 5. The lowest BCUT2D eigenvalue weighted by atomic mass is 10.1. The fourth-order valence-corrected chi connectivity index (χ4v) is 5.02. The molecule has 9 heteroatoms. The Morgan fingerprint density at radius 1 is 1.11 bits per heavy atom. The van der Waals surface area contributed by atoms with Crippen LogP contribution in [0, 0.1) is 0 Å². The first-order chi connectivity index (χ1) is 13.4. The third kappa shape index (κ3) is 4.21. The fraction of sp³-hybridized carbons (Fsp3) is 0.211. The molecule has 1 aromatic heterocycles. The summed E-state index contributed by atoms with van der Waals surface area (Å²) >= 11 is 3.30. The number of nitrogens with one attached hydrogen (secondary N) is 1. The molecule has 0 bridgehead atoms. The van der Waals surface area contributed by atoms with E-state index in [0.29, 0.717) is 16.0 Å². The number of sulfonamides is 1. The molecule has 7 nitrogen and oxygen atoms in total. The van der Waals surface area contributed by atoms with Crippen molar-refractivity contribution in [2.75, 3.05) is 14.2 Å². The summed E-state index contributed by atoms with van der Waals surface area (Å²) in [5, 5.41) is 0. The lowest BCUT2D eigenvalue weighted by Gasteiger charge is -2.17. The van der Waals surface area contributed by atoms with E-state index < -0.39 is 16.1 Å². The number of benzene rings is 2. The van der Waals surface area contributed by atoms with Gasteiger partial charge in [0.05, 0.1) is 20.5 Å². The highest BCUT2D eigenvalue weighted by Crippen LogP contribution is 2.36. The van der Waals surface area contributed by atoms with Crippen molar-refractivity contribution < 1.29 is 17.9 Å². The van der Waals surface area contributed by atoms with Crippen molar-refractivity contribution in [1.82, 2.24) is 14.3 Å². The lowest BCUT2D eigenvalue weighted by molar-refractivity contribution is 0.353. The van der Waals surface area contributed by atoms with Crippen LogP contribution in [0.2, 0.25) is 0 Å². The number of aromatic nitrogens is 2. The van der Waals surface area contributed by atoms with Gasteiger partial charge in [-0.3, -0.25) is 0 Å². The molecular weight excluding hydrogens is 446 g/mol. The molecule has 0 aliphatic rings. The summed E-state index contributed by atoms with van der Waals surface area (Å²) in [7, 11) is -0.846. The van der Waals surface area contributed by atoms with E-state index in [4.69, 9.17) is 9.47 Å². The largest absolute Gasteiger partial charge is 0.493 e. The topological polar surface area (TPSA) is 82.5 Å². The molecule has 1 N–H and O–H groups in total. The first kappa shape index (κ1) is 20.4. The maximum absolute atomic E-state index is 12.9. The molecule has 1 heterocycles. The zero-order chi connectivity index (χ0) is 20.3. The molecule has 0 saturated carbocycles. The first-order valence-corrected chi connectivity index (χ1v) is 10.7. The number of methoxy groups -OCH3 is 2. The Bertz CT molecular complexity index is 1050. The average molecular weight is 466 g/mol. The molecule has 0 aliphatic heterocycles. The molecule has 0 fully saturated rings. The zero-order valence-corrected chi connectivity index (χ0v) is 18.0. The highest BCUT2D eigenvalue weighted by Gasteiger charge is 2.23. The van der Waals surface area contributed by atoms with Crippen molar-refractivity contribution in [1.29, 1.82) is 0 Å². The number of halogens is 1. The van der Waals surface area contributed by atoms with Crippen LogP contribution in [0.5, 0.6) is 11.5 Å². The lowest BCUT2D eigenvalue weighted by Crippen LogP contribution is -2.27. The van der Waals surface area contributed by atoms with Crippen molar-refractivity contribution in [3.63, 3.8) is 0 Å². The van der Waals surface area contributed by atoms with Crippen molar-refractivity contribution in [2.45, 2.75) is 17.9 Å². The smallest absolute Gasteiger partial charge is 0.242 e. The first-order valence-electron chi connectivity index (χ1n) is 8.38. The number of nitrogens with zero attached hydrogens (tertiary/aromatic N) is 2. The van der Waals surface area contributed by atoms with Gasteiger partial charge in [-0.05, 0) is 46.6 Å². The van der Waals surface area contributed by atoms with Gasteiger partial charge in [-0.2, -0.15) is 0 Å². The molecule has 0 spiro atoms. The van der Waals surface area contributed by atoms with Crippen LogP contribution in [0.3, 0.4) is 0 Å². The van der Waals surface area contributed by atoms with Crippen molar-refractivity contribution in [3.8, 4) is 17.2 Å². The van der Waals surface area contributed by atoms with Crippen LogP contribution in [-0.4, -0.2) is 32.2 Å². The van der Waals surface area contributed by atoms with Crippen LogP contribution in [0.1, 0.15) is 18.5 Å². The molecule has 2 aromatic carbocycles. The zero-order valence-electron chi connectivity index (χ0n) is 15.6. The van der Waals surface area contributed by atoms with Gasteiger partial charge < -0.3 is 14.0 Å². The van der Waals surface area contributed by atoms with Crippen LogP contribution >= 0.6 is 15.9 Å². The summed E-state index contributed by atoms with van der Waals surface area (Å²) in [6.45, 7) is 1.79. The number of imidazole rings is 1. The summed E-state index contributed by atoms with van der Waals surface area (Å²) in [4.78, 5) is 4.10. The van der Waals surface area contributed by atoms with Gasteiger partial charge in [0.2, 0.25) is 10.0 Å². The fourth-order valence-electron chi connectivity index (χ4n) is 2.75. The van der Waals surface area contributed by atoms with Gasteiger partial charge in [0.15, 0.2) is 11.5 Å². The molecule has 0 amide bonds. The highest BCUT2D eigenvalue weighted by atomic mass is 79.9. The van der Waals surface area contributed by atoms with Crippen LogP contribution in [0.25, 0.3) is 5.69 Å². The van der Waals surface area contributed by atoms with Crippen LogP contribution < -0.4 is 14.2 Å². The number of rotatable bonds is 7. The van der Waals surface area contributed by atoms with Gasteiger partial charge in [0, 0.05) is 34.7 Å². The van der Waals surface area contributed by atoms with Crippen molar-refractivity contribution >= 4 is 26.0 Å². The normalized spacial score (nSPS) is 12.6. The Balaban J connectivity index is 1.84. The predicted molar refractivity (Wildman–Crippen MR) is 110 cm³/mol. The van der Waals surface area contributed by atoms with E-state index in [0.717, 1.165) is 11.3 Å². The van der Waals surface area contributed by atoms with Crippen LogP contribution in [0.4, 0.5) is 0 Å². The molecule has 1 unspecified atom stereocenters. The van der Waals surface area contributed by atoms with Gasteiger partial charge in [-0.25, -0.2) is 18.1 Å². The van der Waals surface area contributed by atoms with Gasteiger partial charge in [-0.1, -0.05) is 12.1 Å². The number of hydrogen-bond donors (Lipinski definition) is 1. The van der Waals surface area contributed by atoms with Crippen molar-refractivity contribution in [3.05, 3.63) is 65.2 Å². The Hall–Kier alpha value is -2.36. The quantitative estimate of drug-likeness (QED) is 0.575. The molecule has 0 aliphatic carbocycles. The van der Waals surface area contributed by atoms with E-state index in [9.17, 15) is 8.42 Å². The molecular formula is C19H20BrN3O4S. The maximum Gasteiger partial charge on any atom is 0.242 e. The van der Waals surface area contributed by atoms with E-state index in [2.05, 4.69) is 25.6 Å². The standard InChI is InChI=1S/C19H20BrN3O4S/c1-13(14-4-6-15(7-5-14)23-9-8-21-12-23)22-28(24,25)19-11-18(27-3)17(26-2)10-16(19)20/h4-13,22H,1-3H3. The Labute approximate surface area is 172 Å². The summed E-state index contributed by atoms with van der Waals surface area (Å²) in [6, 6.07) is 10.2. The molecule has 3 rings (SSSR count). The maximum atomic E-state index is 12.9. The van der Waals surface area contributed by atoms with Gasteiger partial charge in [0.25, 0.3) is 0 Å². The minimum absolute atomic E-state index is 0.0760.